The van der Waals surface area contributed by atoms with Crippen LogP contribution in [-0.4, -0.2) is 19.6 Å². The highest BCUT2D eigenvalue weighted by Gasteiger charge is 2.29. The van der Waals surface area contributed by atoms with Gasteiger partial charge in [0.2, 0.25) is 5.91 Å². The first-order valence-electron chi connectivity index (χ1n) is 7.10. The molecule has 0 bridgehead atoms. The summed E-state index contributed by atoms with van der Waals surface area (Å²) in [5.41, 5.74) is 0.926. The van der Waals surface area contributed by atoms with E-state index < -0.39 is 21.0 Å². The fourth-order valence-electron chi connectivity index (χ4n) is 2.07. The van der Waals surface area contributed by atoms with Crippen LogP contribution in [0.4, 0.5) is 0 Å². The Kier molecular flexibility index (Phi) is 5.84. The summed E-state index contributed by atoms with van der Waals surface area (Å²) in [5, 5.41) is 1.64. The van der Waals surface area contributed by atoms with E-state index in [1.165, 1.54) is 18.3 Å². The van der Waals surface area contributed by atoms with Gasteiger partial charge in [-0.3, -0.25) is 4.79 Å². The third kappa shape index (κ3) is 4.80. The van der Waals surface area contributed by atoms with Crippen LogP contribution in [0.25, 0.3) is 0 Å². The molecule has 1 aromatic carbocycles. The minimum atomic E-state index is -3.59. The third-order valence-corrected chi connectivity index (χ3v) is 6.96. The molecule has 2 atom stereocenters. The van der Waals surface area contributed by atoms with Gasteiger partial charge in [0.25, 0.3) is 0 Å². The summed E-state index contributed by atoms with van der Waals surface area (Å²) >= 11 is 7.02. The molecule has 4 nitrogen and oxygen atoms in total. The van der Waals surface area contributed by atoms with Crippen molar-refractivity contribution in [2.24, 2.45) is 0 Å². The molecule has 1 aromatic heterocycles. The van der Waals surface area contributed by atoms with Crippen LogP contribution in [0.5, 0.6) is 0 Å². The predicted molar refractivity (Wildman–Crippen MR) is 94.4 cm³/mol. The van der Waals surface area contributed by atoms with Gasteiger partial charge in [-0.2, -0.15) is 0 Å². The molecule has 23 heavy (non-hydrogen) atoms. The maximum atomic E-state index is 12.4. The topological polar surface area (TPSA) is 63.2 Å². The van der Waals surface area contributed by atoms with Crippen molar-refractivity contribution in [2.75, 3.05) is 0 Å². The number of nitrogens with one attached hydrogen (secondary N) is 1. The van der Waals surface area contributed by atoms with Crippen LogP contribution in [0.3, 0.4) is 0 Å². The Morgan fingerprint density at radius 2 is 1.83 bits per heavy atom. The van der Waals surface area contributed by atoms with Crippen molar-refractivity contribution >= 4 is 38.7 Å². The molecular formula is C16H18ClNO3S2. The standard InChI is InChI=1S/C16H18ClNO3S2/c1-11(13-6-4-3-5-7-13)18-16(19)12(2)23(20,21)10-14-8-9-15(17)22-14/h3-9,11-12H,10H2,1-2H3,(H,18,19)/t11-,12-/m1/s1. The zero-order valence-corrected chi connectivity index (χ0v) is 15.2. The smallest absolute Gasteiger partial charge is 0.238 e. The maximum Gasteiger partial charge on any atom is 0.238 e. The van der Waals surface area contributed by atoms with Crippen LogP contribution >= 0.6 is 22.9 Å². The number of hydrogen-bond donors (Lipinski definition) is 1. The first-order valence-corrected chi connectivity index (χ1v) is 10.0. The van der Waals surface area contributed by atoms with E-state index >= 15 is 0 Å². The zero-order valence-electron chi connectivity index (χ0n) is 12.8. The van der Waals surface area contributed by atoms with Crippen molar-refractivity contribution in [3.8, 4) is 0 Å². The molecule has 2 aromatic rings. The second-order valence-corrected chi connectivity index (χ2v) is 9.42. The van der Waals surface area contributed by atoms with Crippen LogP contribution in [0.1, 0.15) is 30.3 Å². The van der Waals surface area contributed by atoms with Crippen LogP contribution in [0.2, 0.25) is 4.34 Å². The van der Waals surface area contributed by atoms with Crippen molar-refractivity contribution < 1.29 is 13.2 Å². The van der Waals surface area contributed by atoms with E-state index in [1.807, 2.05) is 37.3 Å². The summed E-state index contributed by atoms with van der Waals surface area (Å²) in [4.78, 5) is 12.9. The van der Waals surface area contributed by atoms with E-state index in [9.17, 15) is 13.2 Å². The predicted octanol–water partition coefficient (Wildman–Crippen LogP) is 3.58. The number of amides is 1. The molecule has 1 N–H and O–H groups in total. The number of halogens is 1. The molecule has 0 fully saturated rings. The van der Waals surface area contributed by atoms with Gasteiger partial charge in [0.15, 0.2) is 9.84 Å². The normalized spacial score (nSPS) is 14.2. The molecule has 0 saturated heterocycles. The van der Waals surface area contributed by atoms with Crippen molar-refractivity contribution in [2.45, 2.75) is 30.9 Å². The number of rotatable bonds is 6. The van der Waals surface area contributed by atoms with Gasteiger partial charge in [0.1, 0.15) is 5.25 Å². The number of thiophene rings is 1. The van der Waals surface area contributed by atoms with Crippen molar-refractivity contribution in [1.82, 2.24) is 5.32 Å². The highest BCUT2D eigenvalue weighted by molar-refractivity contribution is 7.92. The van der Waals surface area contributed by atoms with Gasteiger partial charge < -0.3 is 5.32 Å². The van der Waals surface area contributed by atoms with Crippen LogP contribution in [-0.2, 0) is 20.4 Å². The average molecular weight is 372 g/mol. The number of hydrogen-bond acceptors (Lipinski definition) is 4. The lowest BCUT2D eigenvalue weighted by Crippen LogP contribution is -2.39. The summed E-state index contributed by atoms with van der Waals surface area (Å²) in [6.45, 7) is 3.24. The van der Waals surface area contributed by atoms with Gasteiger partial charge >= 0.3 is 0 Å². The van der Waals surface area contributed by atoms with Crippen LogP contribution in [0.15, 0.2) is 42.5 Å². The maximum absolute atomic E-state index is 12.4. The lowest BCUT2D eigenvalue weighted by atomic mass is 10.1. The van der Waals surface area contributed by atoms with Gasteiger partial charge in [-0.25, -0.2) is 8.42 Å². The van der Waals surface area contributed by atoms with Gasteiger partial charge in [0, 0.05) is 4.88 Å². The quantitative estimate of drug-likeness (QED) is 0.844. The summed E-state index contributed by atoms with van der Waals surface area (Å²) in [6, 6.07) is 12.5. The van der Waals surface area contributed by atoms with Crippen LogP contribution < -0.4 is 5.32 Å². The number of carbonyl (C=O) groups is 1. The Hall–Kier alpha value is -1.37. The summed E-state index contributed by atoms with van der Waals surface area (Å²) < 4.78 is 25.3. The molecular weight excluding hydrogens is 354 g/mol. The van der Waals surface area contributed by atoms with E-state index in [-0.39, 0.29) is 11.8 Å². The average Bonchev–Trinajstić information content (AvgIpc) is 2.91. The Morgan fingerprint density at radius 3 is 2.39 bits per heavy atom. The Balaban J connectivity index is 2.03. The molecule has 0 aliphatic heterocycles. The molecule has 0 unspecified atom stereocenters. The van der Waals surface area contributed by atoms with E-state index in [1.54, 1.807) is 12.1 Å². The SMILES string of the molecule is C[C@H](C(=O)N[C@H](C)c1ccccc1)S(=O)(=O)Cc1ccc(Cl)s1. The van der Waals surface area contributed by atoms with Crippen molar-refractivity contribution in [3.63, 3.8) is 0 Å². The van der Waals surface area contributed by atoms with E-state index in [4.69, 9.17) is 11.6 Å². The molecule has 0 aliphatic carbocycles. The Labute approximate surface area is 145 Å². The minimum absolute atomic E-state index is 0.182. The fourth-order valence-corrected chi connectivity index (χ4v) is 4.82. The first-order chi connectivity index (χ1) is 10.8. The molecule has 7 heteroatoms. The monoisotopic (exact) mass is 371 g/mol. The first kappa shape index (κ1) is 18.0. The number of benzene rings is 1. The van der Waals surface area contributed by atoms with E-state index in [0.717, 1.165) is 5.56 Å². The summed E-state index contributed by atoms with van der Waals surface area (Å²) in [7, 11) is -3.59. The Morgan fingerprint density at radius 1 is 1.17 bits per heavy atom. The van der Waals surface area contributed by atoms with Gasteiger partial charge in [0.05, 0.1) is 16.1 Å². The second-order valence-electron chi connectivity index (χ2n) is 5.30. The van der Waals surface area contributed by atoms with Crippen molar-refractivity contribution in [1.29, 1.82) is 0 Å². The number of carbonyl (C=O) groups excluding carboxylic acids is 1. The minimum Gasteiger partial charge on any atom is -0.348 e. The highest BCUT2D eigenvalue weighted by atomic mass is 35.5. The van der Waals surface area contributed by atoms with Gasteiger partial charge in [-0.1, -0.05) is 41.9 Å². The number of sulfone groups is 1. The lowest BCUT2D eigenvalue weighted by Gasteiger charge is -2.18. The molecule has 2 rings (SSSR count). The van der Waals surface area contributed by atoms with Gasteiger partial charge in [-0.05, 0) is 31.5 Å². The molecule has 0 spiro atoms. The molecule has 124 valence electrons. The summed E-state index contributed by atoms with van der Waals surface area (Å²) in [6.07, 6.45) is 0. The van der Waals surface area contributed by atoms with Gasteiger partial charge in [-0.15, -0.1) is 11.3 Å². The highest BCUT2D eigenvalue weighted by Crippen LogP contribution is 2.24. The lowest BCUT2D eigenvalue weighted by molar-refractivity contribution is -0.121. The zero-order chi connectivity index (χ0) is 17.0. The van der Waals surface area contributed by atoms with Crippen molar-refractivity contribution in [3.05, 3.63) is 57.2 Å². The second kappa shape index (κ2) is 7.47. The third-order valence-electron chi connectivity index (χ3n) is 3.54. The molecule has 1 heterocycles. The van der Waals surface area contributed by atoms with E-state index in [2.05, 4.69) is 5.32 Å². The molecule has 0 radical (unpaired) electrons. The largest absolute Gasteiger partial charge is 0.348 e. The molecule has 0 saturated carbocycles. The fraction of sp³-hybridized carbons (Fsp3) is 0.312. The van der Waals surface area contributed by atoms with Crippen LogP contribution in [0, 0.1) is 0 Å². The van der Waals surface area contributed by atoms with E-state index in [0.29, 0.717) is 9.21 Å². The Bertz CT molecular complexity index is 772. The molecule has 0 aliphatic rings. The molecule has 1 amide bonds. The summed E-state index contributed by atoms with van der Waals surface area (Å²) in [5.74, 6) is -0.678.